The number of hydrogen-bond acceptors (Lipinski definition) is 5. The highest BCUT2D eigenvalue weighted by Crippen LogP contribution is 2.43. The van der Waals surface area contributed by atoms with Gasteiger partial charge in [0.2, 0.25) is 5.75 Å². The zero-order valence-corrected chi connectivity index (χ0v) is 12.0. The summed E-state index contributed by atoms with van der Waals surface area (Å²) in [5.74, 6) is 1.94. The Morgan fingerprint density at radius 2 is 1.80 bits per heavy atom. The van der Waals surface area contributed by atoms with Gasteiger partial charge in [0, 0.05) is 25.0 Å². The first-order valence-corrected chi connectivity index (χ1v) is 6.08. The van der Waals surface area contributed by atoms with E-state index < -0.39 is 6.10 Å². The van der Waals surface area contributed by atoms with Crippen LogP contribution < -0.4 is 14.2 Å². The first kappa shape index (κ1) is 14.2. The third-order valence-electron chi connectivity index (χ3n) is 3.13. The lowest BCUT2D eigenvalue weighted by molar-refractivity contribution is 0.199. The van der Waals surface area contributed by atoms with E-state index in [2.05, 4.69) is 4.98 Å². The number of imidazole rings is 1. The predicted octanol–water partition coefficient (Wildman–Crippen LogP) is 1.53. The second-order valence-corrected chi connectivity index (χ2v) is 4.22. The standard InChI is InChI=1S/C14H18N2O4/c1-16-8-7-15-14(16)11(17)9-5-6-10(18-2)13(20-4)12(9)19-3/h5-8,11,17H,1-4H3. The van der Waals surface area contributed by atoms with Crippen LogP contribution in [-0.4, -0.2) is 36.0 Å². The van der Waals surface area contributed by atoms with Gasteiger partial charge in [-0.15, -0.1) is 0 Å². The average molecular weight is 278 g/mol. The summed E-state index contributed by atoms with van der Waals surface area (Å²) in [5.41, 5.74) is 0.569. The Morgan fingerprint density at radius 3 is 2.30 bits per heavy atom. The van der Waals surface area contributed by atoms with Crippen LogP contribution in [0.3, 0.4) is 0 Å². The molecule has 0 bridgehead atoms. The molecule has 6 nitrogen and oxygen atoms in total. The first-order chi connectivity index (χ1) is 9.63. The summed E-state index contributed by atoms with van der Waals surface area (Å²) in [6, 6.07) is 3.46. The molecule has 0 aliphatic heterocycles. The summed E-state index contributed by atoms with van der Waals surface area (Å²) in [7, 11) is 6.41. The first-order valence-electron chi connectivity index (χ1n) is 6.08. The number of aromatic nitrogens is 2. The molecule has 1 heterocycles. The SMILES string of the molecule is COc1ccc(C(O)c2nccn2C)c(OC)c1OC. The third-order valence-corrected chi connectivity index (χ3v) is 3.13. The molecule has 1 aromatic carbocycles. The number of methoxy groups -OCH3 is 3. The molecule has 0 aliphatic carbocycles. The van der Waals surface area contributed by atoms with E-state index in [0.29, 0.717) is 28.6 Å². The van der Waals surface area contributed by atoms with Gasteiger partial charge in [-0.3, -0.25) is 0 Å². The highest BCUT2D eigenvalue weighted by atomic mass is 16.5. The molecule has 1 atom stereocenters. The number of nitrogens with zero attached hydrogens (tertiary/aromatic N) is 2. The minimum Gasteiger partial charge on any atom is -0.493 e. The fraction of sp³-hybridized carbons (Fsp3) is 0.357. The van der Waals surface area contributed by atoms with Gasteiger partial charge in [-0.1, -0.05) is 0 Å². The van der Waals surface area contributed by atoms with Crippen LogP contribution in [0.15, 0.2) is 24.5 Å². The van der Waals surface area contributed by atoms with E-state index >= 15 is 0 Å². The summed E-state index contributed by atoms with van der Waals surface area (Å²) in [6.45, 7) is 0. The van der Waals surface area contributed by atoms with Crippen molar-refractivity contribution in [2.24, 2.45) is 7.05 Å². The van der Waals surface area contributed by atoms with Gasteiger partial charge in [-0.2, -0.15) is 0 Å². The maximum absolute atomic E-state index is 10.5. The maximum atomic E-state index is 10.5. The summed E-state index contributed by atoms with van der Waals surface area (Å²) in [5, 5.41) is 10.5. The van der Waals surface area contributed by atoms with Crippen LogP contribution in [0.5, 0.6) is 17.2 Å². The zero-order valence-electron chi connectivity index (χ0n) is 12.0. The van der Waals surface area contributed by atoms with Gasteiger partial charge in [0.1, 0.15) is 11.9 Å². The average Bonchev–Trinajstić information content (AvgIpc) is 2.90. The number of hydrogen-bond donors (Lipinski definition) is 1. The Labute approximate surface area is 117 Å². The largest absolute Gasteiger partial charge is 0.493 e. The van der Waals surface area contributed by atoms with Crippen molar-refractivity contribution < 1.29 is 19.3 Å². The lowest BCUT2D eigenvalue weighted by atomic mass is 10.1. The number of aryl methyl sites for hydroxylation is 1. The molecule has 2 aromatic rings. The summed E-state index contributed by atoms with van der Waals surface area (Å²) < 4.78 is 17.6. The van der Waals surface area contributed by atoms with Crippen LogP contribution in [0.4, 0.5) is 0 Å². The Balaban J connectivity index is 2.54. The zero-order chi connectivity index (χ0) is 14.7. The molecule has 0 saturated heterocycles. The van der Waals surface area contributed by atoms with Crippen LogP contribution in [-0.2, 0) is 7.05 Å². The predicted molar refractivity (Wildman–Crippen MR) is 73.4 cm³/mol. The van der Waals surface area contributed by atoms with Crippen molar-refractivity contribution in [1.82, 2.24) is 9.55 Å². The smallest absolute Gasteiger partial charge is 0.203 e. The van der Waals surface area contributed by atoms with Gasteiger partial charge in [0.15, 0.2) is 11.5 Å². The maximum Gasteiger partial charge on any atom is 0.203 e. The third kappa shape index (κ3) is 2.30. The van der Waals surface area contributed by atoms with Crippen molar-refractivity contribution in [3.8, 4) is 17.2 Å². The minimum atomic E-state index is -0.912. The lowest BCUT2D eigenvalue weighted by Gasteiger charge is -2.18. The van der Waals surface area contributed by atoms with Gasteiger partial charge in [0.05, 0.1) is 21.3 Å². The van der Waals surface area contributed by atoms with E-state index in [1.807, 2.05) is 7.05 Å². The summed E-state index contributed by atoms with van der Waals surface area (Å²) in [6.07, 6.45) is 2.49. The van der Waals surface area contributed by atoms with Gasteiger partial charge < -0.3 is 23.9 Å². The Bertz CT molecular complexity index is 595. The summed E-state index contributed by atoms with van der Waals surface area (Å²) in [4.78, 5) is 4.15. The molecule has 1 N–H and O–H groups in total. The fourth-order valence-corrected chi connectivity index (χ4v) is 2.12. The Kier molecular flexibility index (Phi) is 4.14. The van der Waals surface area contributed by atoms with Gasteiger partial charge in [-0.25, -0.2) is 4.98 Å². The number of rotatable bonds is 5. The Morgan fingerprint density at radius 1 is 1.10 bits per heavy atom. The fourth-order valence-electron chi connectivity index (χ4n) is 2.12. The number of benzene rings is 1. The second-order valence-electron chi connectivity index (χ2n) is 4.22. The molecule has 0 radical (unpaired) electrons. The molecular weight excluding hydrogens is 260 g/mol. The van der Waals surface area contributed by atoms with Gasteiger partial charge >= 0.3 is 0 Å². The topological polar surface area (TPSA) is 65.7 Å². The second kappa shape index (κ2) is 5.83. The van der Waals surface area contributed by atoms with E-state index in [1.54, 1.807) is 36.2 Å². The molecule has 0 fully saturated rings. The molecule has 0 spiro atoms. The van der Waals surface area contributed by atoms with Crippen LogP contribution in [0.2, 0.25) is 0 Å². The van der Waals surface area contributed by atoms with Crippen LogP contribution in [0.25, 0.3) is 0 Å². The molecular formula is C14H18N2O4. The molecule has 1 unspecified atom stereocenters. The van der Waals surface area contributed by atoms with Crippen molar-refractivity contribution in [1.29, 1.82) is 0 Å². The number of aliphatic hydroxyl groups is 1. The van der Waals surface area contributed by atoms with E-state index in [9.17, 15) is 5.11 Å². The normalized spacial score (nSPS) is 12.1. The molecule has 0 amide bonds. The molecule has 1 aromatic heterocycles. The van der Waals surface area contributed by atoms with Crippen LogP contribution >= 0.6 is 0 Å². The van der Waals surface area contributed by atoms with E-state index in [0.717, 1.165) is 0 Å². The van der Waals surface area contributed by atoms with Crippen molar-refractivity contribution in [2.75, 3.05) is 21.3 Å². The van der Waals surface area contributed by atoms with E-state index in [-0.39, 0.29) is 0 Å². The van der Waals surface area contributed by atoms with Gasteiger partial charge in [-0.05, 0) is 12.1 Å². The van der Waals surface area contributed by atoms with Crippen LogP contribution in [0.1, 0.15) is 17.5 Å². The lowest BCUT2D eigenvalue weighted by Crippen LogP contribution is -2.09. The minimum absolute atomic E-state index is 0.433. The molecule has 20 heavy (non-hydrogen) atoms. The number of ether oxygens (including phenoxy) is 3. The van der Waals surface area contributed by atoms with Crippen molar-refractivity contribution in [3.63, 3.8) is 0 Å². The Hall–Kier alpha value is -2.21. The van der Waals surface area contributed by atoms with Crippen molar-refractivity contribution in [2.45, 2.75) is 6.10 Å². The van der Waals surface area contributed by atoms with E-state index in [1.165, 1.54) is 14.2 Å². The molecule has 108 valence electrons. The monoisotopic (exact) mass is 278 g/mol. The van der Waals surface area contributed by atoms with Crippen molar-refractivity contribution in [3.05, 3.63) is 35.9 Å². The highest BCUT2D eigenvalue weighted by Gasteiger charge is 2.24. The highest BCUT2D eigenvalue weighted by molar-refractivity contribution is 5.57. The van der Waals surface area contributed by atoms with E-state index in [4.69, 9.17) is 14.2 Å². The molecule has 0 aliphatic rings. The molecule has 6 heteroatoms. The van der Waals surface area contributed by atoms with Gasteiger partial charge in [0.25, 0.3) is 0 Å². The summed E-state index contributed by atoms with van der Waals surface area (Å²) >= 11 is 0. The van der Waals surface area contributed by atoms with Crippen molar-refractivity contribution >= 4 is 0 Å². The quantitative estimate of drug-likeness (QED) is 0.898. The molecule has 0 saturated carbocycles. The molecule has 2 rings (SSSR count). The number of aliphatic hydroxyl groups excluding tert-OH is 1. The van der Waals surface area contributed by atoms with Crippen LogP contribution in [0, 0.1) is 0 Å².